The van der Waals surface area contributed by atoms with E-state index in [2.05, 4.69) is 16.0 Å². The maximum Gasteiger partial charge on any atom is 0.323 e. The van der Waals surface area contributed by atoms with Crippen LogP contribution in [0, 0.1) is 5.92 Å². The highest BCUT2D eigenvalue weighted by molar-refractivity contribution is 6.30. The molecule has 0 fully saturated rings. The van der Waals surface area contributed by atoms with Crippen molar-refractivity contribution < 1.29 is 9.59 Å². The summed E-state index contributed by atoms with van der Waals surface area (Å²) in [4.78, 5) is 23.5. The summed E-state index contributed by atoms with van der Waals surface area (Å²) in [5, 5.41) is 8.81. The van der Waals surface area contributed by atoms with E-state index in [1.807, 2.05) is 13.8 Å². The van der Waals surface area contributed by atoms with Gasteiger partial charge in [0, 0.05) is 28.0 Å². The molecule has 0 heterocycles. The molecule has 0 unspecified atom stereocenters. The fourth-order valence-electron chi connectivity index (χ4n) is 1.75. The van der Waals surface area contributed by atoms with Gasteiger partial charge in [-0.3, -0.25) is 4.79 Å². The van der Waals surface area contributed by atoms with Crippen LogP contribution in [0.1, 0.15) is 13.8 Å². The van der Waals surface area contributed by atoms with Crippen molar-refractivity contribution in [3.05, 3.63) is 53.6 Å². The zero-order chi connectivity index (χ0) is 16.8. The number of hydrogen-bond donors (Lipinski definition) is 3. The van der Waals surface area contributed by atoms with Crippen molar-refractivity contribution in [3.63, 3.8) is 0 Å². The van der Waals surface area contributed by atoms with Crippen LogP contribution in [0.25, 0.3) is 0 Å². The lowest BCUT2D eigenvalue weighted by Gasteiger charge is -2.10. The van der Waals surface area contributed by atoms with Crippen LogP contribution in [0.15, 0.2) is 48.5 Å². The van der Waals surface area contributed by atoms with E-state index in [-0.39, 0.29) is 17.9 Å². The zero-order valence-electron chi connectivity index (χ0n) is 12.9. The zero-order valence-corrected chi connectivity index (χ0v) is 13.6. The van der Waals surface area contributed by atoms with E-state index in [4.69, 9.17) is 11.6 Å². The number of nitrogens with one attached hydrogen (secondary N) is 3. The molecule has 0 atom stereocenters. The maximum absolute atomic E-state index is 11.9. The molecular formula is C17H18ClN3O2. The first-order chi connectivity index (χ1) is 10.9. The first-order valence-electron chi connectivity index (χ1n) is 7.18. The number of carbonyl (C=O) groups excluding carboxylic acids is 2. The summed E-state index contributed by atoms with van der Waals surface area (Å²) < 4.78 is 0. The molecule has 0 saturated carbocycles. The van der Waals surface area contributed by atoms with Gasteiger partial charge in [0.05, 0.1) is 0 Å². The maximum atomic E-state index is 11.9. The Bertz CT molecular complexity index is 682. The summed E-state index contributed by atoms with van der Waals surface area (Å²) in [5.74, 6) is -0.135. The summed E-state index contributed by atoms with van der Waals surface area (Å²) in [6.45, 7) is 3.65. The van der Waals surface area contributed by atoms with E-state index in [0.717, 1.165) is 0 Å². The molecule has 0 spiro atoms. The summed E-state index contributed by atoms with van der Waals surface area (Å²) in [5.41, 5.74) is 1.96. The molecule has 2 rings (SSSR count). The van der Waals surface area contributed by atoms with Crippen LogP contribution in [0.4, 0.5) is 21.9 Å². The van der Waals surface area contributed by atoms with Gasteiger partial charge < -0.3 is 16.0 Å². The standard InChI is InChI=1S/C17H18ClN3O2/c1-11(2)16(22)19-13-7-9-15(10-8-13)21-17(23)20-14-5-3-12(18)4-6-14/h3-11H,1-2H3,(H,19,22)(H2,20,21,23). The summed E-state index contributed by atoms with van der Waals surface area (Å²) in [7, 11) is 0. The minimum Gasteiger partial charge on any atom is -0.326 e. The van der Waals surface area contributed by atoms with Crippen molar-refractivity contribution in [3.8, 4) is 0 Å². The summed E-state index contributed by atoms with van der Waals surface area (Å²) in [6.07, 6.45) is 0. The van der Waals surface area contributed by atoms with Gasteiger partial charge in [0.1, 0.15) is 0 Å². The minimum atomic E-state index is -0.355. The normalized spacial score (nSPS) is 10.3. The van der Waals surface area contributed by atoms with Gasteiger partial charge in [-0.2, -0.15) is 0 Å². The van der Waals surface area contributed by atoms with E-state index in [1.165, 1.54) is 0 Å². The Labute approximate surface area is 140 Å². The van der Waals surface area contributed by atoms with Crippen LogP contribution in [-0.2, 0) is 4.79 Å². The molecular weight excluding hydrogens is 314 g/mol. The fraction of sp³-hybridized carbons (Fsp3) is 0.176. The van der Waals surface area contributed by atoms with Gasteiger partial charge >= 0.3 is 6.03 Å². The van der Waals surface area contributed by atoms with Crippen molar-refractivity contribution in [1.82, 2.24) is 0 Å². The number of anilines is 3. The van der Waals surface area contributed by atoms with Crippen molar-refractivity contribution in [2.75, 3.05) is 16.0 Å². The Hall–Kier alpha value is -2.53. The molecule has 0 bridgehead atoms. The largest absolute Gasteiger partial charge is 0.326 e. The molecule has 0 aromatic heterocycles. The molecule has 120 valence electrons. The number of urea groups is 1. The van der Waals surface area contributed by atoms with Crippen LogP contribution < -0.4 is 16.0 Å². The molecule has 0 aliphatic rings. The number of benzene rings is 2. The highest BCUT2D eigenvalue weighted by atomic mass is 35.5. The van der Waals surface area contributed by atoms with Crippen LogP contribution in [-0.4, -0.2) is 11.9 Å². The van der Waals surface area contributed by atoms with E-state index in [9.17, 15) is 9.59 Å². The van der Waals surface area contributed by atoms with E-state index >= 15 is 0 Å². The van der Waals surface area contributed by atoms with E-state index in [0.29, 0.717) is 22.1 Å². The molecule has 3 amide bonds. The van der Waals surface area contributed by atoms with Gasteiger partial charge in [-0.1, -0.05) is 25.4 Å². The predicted molar refractivity (Wildman–Crippen MR) is 94.0 cm³/mol. The van der Waals surface area contributed by atoms with Crippen LogP contribution >= 0.6 is 11.6 Å². The first-order valence-corrected chi connectivity index (χ1v) is 7.56. The van der Waals surface area contributed by atoms with Gasteiger partial charge in [0.2, 0.25) is 5.91 Å². The van der Waals surface area contributed by atoms with Gasteiger partial charge in [0.15, 0.2) is 0 Å². The molecule has 5 nitrogen and oxygen atoms in total. The summed E-state index contributed by atoms with van der Waals surface area (Å²) >= 11 is 5.79. The summed E-state index contributed by atoms with van der Waals surface area (Å²) in [6, 6.07) is 13.4. The van der Waals surface area contributed by atoms with Crippen molar-refractivity contribution in [2.45, 2.75) is 13.8 Å². The lowest BCUT2D eigenvalue weighted by Crippen LogP contribution is -2.19. The second-order valence-corrected chi connectivity index (χ2v) is 5.74. The Morgan fingerprint density at radius 2 is 1.17 bits per heavy atom. The Morgan fingerprint density at radius 1 is 0.783 bits per heavy atom. The van der Waals surface area contributed by atoms with Crippen LogP contribution in [0.2, 0.25) is 5.02 Å². The third-order valence-electron chi connectivity index (χ3n) is 3.04. The first kappa shape index (κ1) is 16.8. The quantitative estimate of drug-likeness (QED) is 0.767. The van der Waals surface area contributed by atoms with Gasteiger partial charge in [-0.05, 0) is 48.5 Å². The number of amides is 3. The van der Waals surface area contributed by atoms with Crippen LogP contribution in [0.3, 0.4) is 0 Å². The topological polar surface area (TPSA) is 70.2 Å². The van der Waals surface area contributed by atoms with Crippen LogP contribution in [0.5, 0.6) is 0 Å². The van der Waals surface area contributed by atoms with Crippen molar-refractivity contribution >= 4 is 40.6 Å². The lowest BCUT2D eigenvalue weighted by atomic mass is 10.2. The lowest BCUT2D eigenvalue weighted by molar-refractivity contribution is -0.118. The Kier molecular flexibility index (Phi) is 5.60. The fourth-order valence-corrected chi connectivity index (χ4v) is 1.88. The predicted octanol–water partition coefficient (Wildman–Crippen LogP) is 4.58. The molecule has 0 aliphatic heterocycles. The molecule has 0 aliphatic carbocycles. The third kappa shape index (κ3) is 5.30. The third-order valence-corrected chi connectivity index (χ3v) is 3.29. The molecule has 2 aromatic carbocycles. The van der Waals surface area contributed by atoms with Gasteiger partial charge in [-0.15, -0.1) is 0 Å². The number of rotatable bonds is 4. The number of halogens is 1. The number of hydrogen-bond acceptors (Lipinski definition) is 2. The Balaban J connectivity index is 1.91. The van der Waals surface area contributed by atoms with Gasteiger partial charge in [0.25, 0.3) is 0 Å². The van der Waals surface area contributed by atoms with Gasteiger partial charge in [-0.25, -0.2) is 4.79 Å². The highest BCUT2D eigenvalue weighted by Crippen LogP contribution is 2.16. The van der Waals surface area contributed by atoms with Crippen molar-refractivity contribution in [2.24, 2.45) is 5.92 Å². The molecule has 2 aromatic rings. The average Bonchev–Trinajstić information content (AvgIpc) is 2.51. The van der Waals surface area contributed by atoms with E-state index in [1.54, 1.807) is 48.5 Å². The highest BCUT2D eigenvalue weighted by Gasteiger charge is 2.07. The second kappa shape index (κ2) is 7.65. The molecule has 0 radical (unpaired) electrons. The second-order valence-electron chi connectivity index (χ2n) is 5.31. The molecule has 23 heavy (non-hydrogen) atoms. The van der Waals surface area contributed by atoms with Crippen molar-refractivity contribution in [1.29, 1.82) is 0 Å². The molecule has 6 heteroatoms. The molecule has 3 N–H and O–H groups in total. The van der Waals surface area contributed by atoms with E-state index < -0.39 is 0 Å². The smallest absolute Gasteiger partial charge is 0.323 e. The SMILES string of the molecule is CC(C)C(=O)Nc1ccc(NC(=O)Nc2ccc(Cl)cc2)cc1. The number of carbonyl (C=O) groups is 2. The monoisotopic (exact) mass is 331 g/mol. The molecule has 0 saturated heterocycles. The Morgan fingerprint density at radius 3 is 1.61 bits per heavy atom. The average molecular weight is 332 g/mol. The minimum absolute atomic E-state index is 0.0498.